The van der Waals surface area contributed by atoms with Gasteiger partial charge in [-0.05, 0) is 32.1 Å². The highest BCUT2D eigenvalue weighted by Crippen LogP contribution is 2.20. The van der Waals surface area contributed by atoms with Crippen LogP contribution in [0.3, 0.4) is 0 Å². The van der Waals surface area contributed by atoms with Gasteiger partial charge in [0, 0.05) is 6.42 Å². The van der Waals surface area contributed by atoms with Gasteiger partial charge in [0.2, 0.25) is 5.91 Å². The van der Waals surface area contributed by atoms with Crippen LogP contribution < -0.4 is 5.32 Å². The van der Waals surface area contributed by atoms with Crippen molar-refractivity contribution in [2.75, 3.05) is 6.61 Å². The fraction of sp³-hybridized carbons (Fsp3) is 0.937. The van der Waals surface area contributed by atoms with Crippen molar-refractivity contribution in [3.05, 3.63) is 24.3 Å². The van der Waals surface area contributed by atoms with Crippen molar-refractivity contribution >= 4 is 5.91 Å². The van der Waals surface area contributed by atoms with Crippen LogP contribution in [0.2, 0.25) is 0 Å². The monoisotopic (exact) mass is 1170 g/mol. The molecule has 0 spiro atoms. The van der Waals surface area contributed by atoms with E-state index >= 15 is 0 Å². The summed E-state index contributed by atoms with van der Waals surface area (Å²) >= 11 is 0. The third-order valence-corrected chi connectivity index (χ3v) is 18.7. The maximum absolute atomic E-state index is 12.6. The Morgan fingerprint density at radius 3 is 0.699 bits per heavy atom. The van der Waals surface area contributed by atoms with Crippen LogP contribution in [0, 0.1) is 0 Å². The van der Waals surface area contributed by atoms with E-state index in [1.807, 2.05) is 6.08 Å². The molecule has 0 saturated carbocycles. The van der Waals surface area contributed by atoms with E-state index in [9.17, 15) is 15.0 Å². The molecular weight excluding hydrogens is 1010 g/mol. The van der Waals surface area contributed by atoms with Crippen molar-refractivity contribution in [1.82, 2.24) is 5.32 Å². The summed E-state index contributed by atoms with van der Waals surface area (Å²) in [5, 5.41) is 23.3. The van der Waals surface area contributed by atoms with Crippen molar-refractivity contribution < 1.29 is 15.0 Å². The van der Waals surface area contributed by atoms with Gasteiger partial charge in [0.05, 0.1) is 18.8 Å². The Morgan fingerprint density at radius 2 is 0.470 bits per heavy atom. The predicted molar refractivity (Wildman–Crippen MR) is 373 cm³/mol. The molecule has 0 aromatic heterocycles. The summed E-state index contributed by atoms with van der Waals surface area (Å²) in [5.41, 5.74) is 0. The summed E-state index contributed by atoms with van der Waals surface area (Å²) in [7, 11) is 0. The normalized spacial score (nSPS) is 12.7. The van der Waals surface area contributed by atoms with Gasteiger partial charge in [-0.25, -0.2) is 0 Å². The Bertz CT molecular complexity index is 1230. The third kappa shape index (κ3) is 71.5. The average Bonchev–Trinajstić information content (AvgIpc) is 3.50. The molecule has 0 rings (SSSR count). The SMILES string of the molecule is CCCCCCCCCCCCCCCCCCCCCCCCCCCC/C=C/CC/C=C/C(O)C(CO)NC(=O)CCCCCCCCCCCCCCCCCCCCCCCCCCCCCCCCCCCCCCCCC. The van der Waals surface area contributed by atoms with Crippen LogP contribution in [0.4, 0.5) is 0 Å². The van der Waals surface area contributed by atoms with Crippen LogP contribution in [0.5, 0.6) is 0 Å². The fourth-order valence-corrected chi connectivity index (χ4v) is 12.8. The van der Waals surface area contributed by atoms with Crippen LogP contribution >= 0.6 is 0 Å². The van der Waals surface area contributed by atoms with E-state index in [2.05, 4.69) is 31.3 Å². The summed E-state index contributed by atoms with van der Waals surface area (Å²) < 4.78 is 0. The van der Waals surface area contributed by atoms with Crippen molar-refractivity contribution in [2.24, 2.45) is 0 Å². The minimum Gasteiger partial charge on any atom is -0.394 e. The lowest BCUT2D eigenvalue weighted by atomic mass is 10.0. The molecule has 0 aliphatic rings. The zero-order chi connectivity index (χ0) is 59.8. The number of aliphatic hydroxyl groups is 2. The molecule has 0 heterocycles. The fourth-order valence-electron chi connectivity index (χ4n) is 12.8. The van der Waals surface area contributed by atoms with Gasteiger partial charge in [-0.2, -0.15) is 0 Å². The zero-order valence-electron chi connectivity index (χ0n) is 57.3. The highest BCUT2D eigenvalue weighted by molar-refractivity contribution is 5.76. The summed E-state index contributed by atoms with van der Waals surface area (Å²) in [6.45, 7) is 4.36. The van der Waals surface area contributed by atoms with Crippen molar-refractivity contribution in [1.29, 1.82) is 0 Å². The van der Waals surface area contributed by atoms with E-state index in [0.717, 1.165) is 32.1 Å². The molecular formula is C79H155NO3. The summed E-state index contributed by atoms with van der Waals surface area (Å²) in [5.74, 6) is -0.0629. The molecule has 0 bridgehead atoms. The lowest BCUT2D eigenvalue weighted by molar-refractivity contribution is -0.123. The zero-order valence-corrected chi connectivity index (χ0v) is 57.3. The van der Waals surface area contributed by atoms with Crippen molar-refractivity contribution in [3.8, 4) is 0 Å². The van der Waals surface area contributed by atoms with E-state index in [4.69, 9.17) is 0 Å². The Labute approximate surface area is 523 Å². The van der Waals surface area contributed by atoms with Crippen LogP contribution in [-0.4, -0.2) is 34.9 Å². The first kappa shape index (κ1) is 81.9. The maximum Gasteiger partial charge on any atom is 0.220 e. The second-order valence-electron chi connectivity index (χ2n) is 27.1. The van der Waals surface area contributed by atoms with Crippen molar-refractivity contribution in [2.45, 2.75) is 469 Å². The topological polar surface area (TPSA) is 69.6 Å². The second kappa shape index (κ2) is 75.1. The first-order valence-corrected chi connectivity index (χ1v) is 39.1. The lowest BCUT2D eigenvalue weighted by Crippen LogP contribution is -2.45. The van der Waals surface area contributed by atoms with Gasteiger partial charge < -0.3 is 15.5 Å². The maximum atomic E-state index is 12.6. The van der Waals surface area contributed by atoms with Gasteiger partial charge in [0.15, 0.2) is 0 Å². The predicted octanol–water partition coefficient (Wildman–Crippen LogP) is 26.9. The Kier molecular flexibility index (Phi) is 74.1. The van der Waals surface area contributed by atoms with E-state index < -0.39 is 12.1 Å². The number of hydrogen-bond acceptors (Lipinski definition) is 3. The van der Waals surface area contributed by atoms with E-state index in [-0.39, 0.29) is 12.5 Å². The summed E-state index contributed by atoms with van der Waals surface area (Å²) in [6.07, 6.45) is 103. The number of allylic oxidation sites excluding steroid dienone is 3. The second-order valence-corrected chi connectivity index (χ2v) is 27.1. The molecule has 0 saturated heterocycles. The molecule has 0 aliphatic carbocycles. The highest BCUT2D eigenvalue weighted by Gasteiger charge is 2.18. The number of hydrogen-bond donors (Lipinski definition) is 3. The molecule has 4 heteroatoms. The molecule has 0 aromatic rings. The van der Waals surface area contributed by atoms with Gasteiger partial charge in [0.1, 0.15) is 0 Å². The van der Waals surface area contributed by atoms with Crippen LogP contribution in [0.15, 0.2) is 24.3 Å². The third-order valence-electron chi connectivity index (χ3n) is 18.7. The minimum absolute atomic E-state index is 0.0629. The quantitative estimate of drug-likeness (QED) is 0.0420. The number of nitrogens with one attached hydrogen (secondary N) is 1. The average molecular weight is 1170 g/mol. The van der Waals surface area contributed by atoms with Gasteiger partial charge in [-0.3, -0.25) is 4.79 Å². The summed E-state index contributed by atoms with van der Waals surface area (Å²) in [4.78, 5) is 12.6. The van der Waals surface area contributed by atoms with Gasteiger partial charge >= 0.3 is 0 Å². The molecule has 0 aliphatic heterocycles. The highest BCUT2D eigenvalue weighted by atomic mass is 16.3. The molecule has 0 radical (unpaired) electrons. The Hall–Kier alpha value is -1.13. The Morgan fingerprint density at radius 1 is 0.277 bits per heavy atom. The van der Waals surface area contributed by atoms with Crippen LogP contribution in [-0.2, 0) is 4.79 Å². The van der Waals surface area contributed by atoms with Crippen LogP contribution in [0.25, 0.3) is 0 Å². The number of aliphatic hydroxyl groups excluding tert-OH is 2. The first-order chi connectivity index (χ1) is 41.2. The van der Waals surface area contributed by atoms with Crippen LogP contribution in [0.1, 0.15) is 457 Å². The number of unbranched alkanes of at least 4 members (excludes halogenated alkanes) is 65. The molecule has 494 valence electrons. The molecule has 0 aromatic carbocycles. The van der Waals surface area contributed by atoms with Gasteiger partial charge in [0.25, 0.3) is 0 Å². The van der Waals surface area contributed by atoms with Gasteiger partial charge in [-0.1, -0.05) is 443 Å². The molecule has 0 fully saturated rings. The summed E-state index contributed by atoms with van der Waals surface area (Å²) in [6, 6.07) is -0.639. The first-order valence-electron chi connectivity index (χ1n) is 39.1. The molecule has 2 unspecified atom stereocenters. The molecule has 1 amide bonds. The number of carbonyl (C=O) groups excluding carboxylic acids is 1. The van der Waals surface area contributed by atoms with Crippen molar-refractivity contribution in [3.63, 3.8) is 0 Å². The van der Waals surface area contributed by atoms with E-state index in [1.54, 1.807) is 6.08 Å². The number of rotatable bonds is 74. The number of carbonyl (C=O) groups is 1. The molecule has 3 N–H and O–H groups in total. The van der Waals surface area contributed by atoms with E-state index in [1.165, 1.54) is 405 Å². The molecule has 4 nitrogen and oxygen atoms in total. The smallest absolute Gasteiger partial charge is 0.220 e. The van der Waals surface area contributed by atoms with Gasteiger partial charge in [-0.15, -0.1) is 0 Å². The molecule has 2 atom stereocenters. The lowest BCUT2D eigenvalue weighted by Gasteiger charge is -2.19. The minimum atomic E-state index is -0.862. The number of amides is 1. The van der Waals surface area contributed by atoms with E-state index in [0.29, 0.717) is 6.42 Å². The standard InChI is InChI=1S/C79H155NO3/c1-3-5-7-9-11-13-15-17-19-21-23-25-27-29-31-33-35-37-38-39-40-41-42-43-45-47-49-51-53-55-57-59-61-63-65-67-69-71-73-75-79(83)80-77(76-81)78(82)74-72-70-68-66-64-62-60-58-56-54-52-50-48-46-44-36-34-32-30-28-26-24-22-20-18-16-14-12-10-8-6-4-2/h64,66,72,74,77-78,81-82H,3-63,65,67-71,73,75-76H2,1-2H3,(H,80,83)/b66-64+,74-72+. The molecule has 83 heavy (non-hydrogen) atoms. The largest absolute Gasteiger partial charge is 0.394 e. The Balaban J connectivity index is 3.39.